The van der Waals surface area contributed by atoms with Gasteiger partial charge in [-0.1, -0.05) is 18.2 Å². The van der Waals surface area contributed by atoms with Gasteiger partial charge in [0.15, 0.2) is 6.29 Å². The van der Waals surface area contributed by atoms with Crippen molar-refractivity contribution in [2.24, 2.45) is 5.41 Å². The highest BCUT2D eigenvalue weighted by Gasteiger charge is 2.41. The minimum atomic E-state index is -4.64. The van der Waals surface area contributed by atoms with E-state index in [4.69, 9.17) is 14.2 Å². The first-order chi connectivity index (χ1) is 13.6. The molecule has 156 valence electrons. The van der Waals surface area contributed by atoms with Crippen molar-refractivity contribution in [3.05, 3.63) is 59.4 Å². The average Bonchev–Trinajstić information content (AvgIpc) is 2.68. The molecular formula is C20H19F4NO4. The fraction of sp³-hybridized carbons (Fsp3) is 0.350. The Bertz CT molecular complexity index is 892. The third-order valence-electron chi connectivity index (χ3n) is 4.58. The number of hydrogen-bond acceptors (Lipinski definition) is 4. The van der Waals surface area contributed by atoms with Crippen molar-refractivity contribution < 1.29 is 36.6 Å². The second-order valence-corrected chi connectivity index (χ2v) is 6.90. The number of ether oxygens (including phenoxy) is 3. The minimum Gasteiger partial charge on any atom is -0.496 e. The normalized spacial score (nSPS) is 22.2. The Morgan fingerprint density at radius 1 is 1.17 bits per heavy atom. The van der Waals surface area contributed by atoms with Gasteiger partial charge >= 0.3 is 6.18 Å². The first kappa shape index (κ1) is 21.1. The number of alkyl halides is 3. The Labute approximate surface area is 164 Å². The summed E-state index contributed by atoms with van der Waals surface area (Å²) in [7, 11) is 1.13. The molecule has 0 bridgehead atoms. The van der Waals surface area contributed by atoms with Crippen LogP contribution in [0.3, 0.4) is 0 Å². The van der Waals surface area contributed by atoms with Crippen molar-refractivity contribution in [3.63, 3.8) is 0 Å². The molecule has 29 heavy (non-hydrogen) atoms. The largest absolute Gasteiger partial charge is 0.496 e. The van der Waals surface area contributed by atoms with Gasteiger partial charge in [-0.3, -0.25) is 4.79 Å². The van der Waals surface area contributed by atoms with Crippen LogP contribution >= 0.6 is 0 Å². The zero-order valence-electron chi connectivity index (χ0n) is 15.7. The number of rotatable bonds is 4. The SMILES string of the molecule is COc1ccc(NC(=O)C2(C)COC(c3ccccc3F)OC2)cc1C(F)(F)F. The van der Waals surface area contributed by atoms with Crippen LogP contribution in [0.15, 0.2) is 42.5 Å². The van der Waals surface area contributed by atoms with Gasteiger partial charge in [-0.15, -0.1) is 0 Å². The average molecular weight is 413 g/mol. The minimum absolute atomic E-state index is 0.0411. The second-order valence-electron chi connectivity index (χ2n) is 6.90. The van der Waals surface area contributed by atoms with Gasteiger partial charge in [0.1, 0.15) is 11.6 Å². The molecule has 5 nitrogen and oxygen atoms in total. The molecule has 0 unspecified atom stereocenters. The summed E-state index contributed by atoms with van der Waals surface area (Å²) < 4.78 is 69.1. The number of nitrogens with one attached hydrogen (secondary N) is 1. The summed E-state index contributed by atoms with van der Waals surface area (Å²) >= 11 is 0. The molecule has 1 saturated heterocycles. The third-order valence-corrected chi connectivity index (χ3v) is 4.58. The monoisotopic (exact) mass is 413 g/mol. The lowest BCUT2D eigenvalue weighted by Crippen LogP contribution is -2.45. The number of anilines is 1. The molecule has 0 spiro atoms. The highest BCUT2D eigenvalue weighted by Crippen LogP contribution is 2.38. The van der Waals surface area contributed by atoms with Crippen LogP contribution in [0.5, 0.6) is 5.75 Å². The maximum Gasteiger partial charge on any atom is 0.420 e. The Morgan fingerprint density at radius 2 is 1.83 bits per heavy atom. The smallest absolute Gasteiger partial charge is 0.420 e. The van der Waals surface area contributed by atoms with E-state index in [2.05, 4.69) is 5.32 Å². The van der Waals surface area contributed by atoms with Crippen molar-refractivity contribution >= 4 is 11.6 Å². The van der Waals surface area contributed by atoms with Crippen LogP contribution in [-0.4, -0.2) is 26.2 Å². The second kappa shape index (κ2) is 8.00. The Kier molecular flexibility index (Phi) is 5.81. The topological polar surface area (TPSA) is 56.8 Å². The number of halogens is 4. The molecule has 1 fully saturated rings. The van der Waals surface area contributed by atoms with Crippen LogP contribution in [0.2, 0.25) is 0 Å². The molecule has 1 N–H and O–H groups in total. The molecule has 2 aromatic carbocycles. The van der Waals surface area contributed by atoms with Gasteiger partial charge in [0.05, 0.1) is 31.3 Å². The van der Waals surface area contributed by atoms with Crippen LogP contribution in [0.1, 0.15) is 24.3 Å². The summed E-state index contributed by atoms with van der Waals surface area (Å²) in [5, 5.41) is 2.45. The van der Waals surface area contributed by atoms with Crippen molar-refractivity contribution in [3.8, 4) is 5.75 Å². The molecule has 0 atom stereocenters. The predicted octanol–water partition coefficient (Wildman–Crippen LogP) is 4.54. The molecule has 1 heterocycles. The third kappa shape index (κ3) is 4.51. The zero-order chi connectivity index (χ0) is 21.2. The molecule has 1 aliphatic heterocycles. The Morgan fingerprint density at radius 3 is 2.41 bits per heavy atom. The van der Waals surface area contributed by atoms with Crippen LogP contribution in [-0.2, 0) is 20.4 Å². The van der Waals surface area contributed by atoms with E-state index < -0.39 is 35.2 Å². The van der Waals surface area contributed by atoms with Crippen molar-refractivity contribution in [2.45, 2.75) is 19.4 Å². The molecule has 0 aromatic heterocycles. The number of amides is 1. The van der Waals surface area contributed by atoms with Crippen molar-refractivity contribution in [1.82, 2.24) is 0 Å². The summed E-state index contributed by atoms with van der Waals surface area (Å²) in [4.78, 5) is 12.7. The van der Waals surface area contributed by atoms with E-state index >= 15 is 0 Å². The van der Waals surface area contributed by atoms with Gasteiger partial charge < -0.3 is 19.5 Å². The fourth-order valence-electron chi connectivity index (χ4n) is 2.88. The van der Waals surface area contributed by atoms with Crippen LogP contribution < -0.4 is 10.1 Å². The summed E-state index contributed by atoms with van der Waals surface area (Å²) in [6, 6.07) is 9.18. The number of benzene rings is 2. The van der Waals surface area contributed by atoms with Crippen molar-refractivity contribution in [2.75, 3.05) is 25.6 Å². The van der Waals surface area contributed by atoms with Gasteiger partial charge in [0, 0.05) is 11.3 Å². The first-order valence-electron chi connectivity index (χ1n) is 8.68. The fourth-order valence-corrected chi connectivity index (χ4v) is 2.88. The van der Waals surface area contributed by atoms with Gasteiger partial charge in [-0.05, 0) is 31.2 Å². The highest BCUT2D eigenvalue weighted by molar-refractivity contribution is 5.95. The molecule has 1 aliphatic rings. The van der Waals surface area contributed by atoms with Gasteiger partial charge in [0.25, 0.3) is 0 Å². The molecule has 0 saturated carbocycles. The number of methoxy groups -OCH3 is 1. The van der Waals surface area contributed by atoms with E-state index in [-0.39, 0.29) is 30.2 Å². The van der Waals surface area contributed by atoms with Gasteiger partial charge in [-0.2, -0.15) is 13.2 Å². The molecule has 0 aliphatic carbocycles. The molecule has 0 radical (unpaired) electrons. The maximum atomic E-state index is 13.9. The molecule has 3 rings (SSSR count). The Balaban J connectivity index is 1.71. The summed E-state index contributed by atoms with van der Waals surface area (Å²) in [5.74, 6) is -1.43. The number of hydrogen-bond donors (Lipinski definition) is 1. The summed E-state index contributed by atoms with van der Waals surface area (Å²) in [5.41, 5.74) is -2.00. The van der Waals surface area contributed by atoms with E-state index in [1.807, 2.05) is 0 Å². The summed E-state index contributed by atoms with van der Waals surface area (Å²) in [6.07, 6.45) is -5.60. The van der Waals surface area contributed by atoms with E-state index in [0.29, 0.717) is 0 Å². The zero-order valence-corrected chi connectivity index (χ0v) is 15.7. The molecular weight excluding hydrogens is 394 g/mol. The Hall–Kier alpha value is -2.65. The summed E-state index contributed by atoms with van der Waals surface area (Å²) in [6.45, 7) is 1.36. The predicted molar refractivity (Wildman–Crippen MR) is 95.8 cm³/mol. The van der Waals surface area contributed by atoms with E-state index in [1.165, 1.54) is 24.3 Å². The van der Waals surface area contributed by atoms with Crippen LogP contribution in [0, 0.1) is 11.2 Å². The highest BCUT2D eigenvalue weighted by atomic mass is 19.4. The molecule has 1 amide bonds. The lowest BCUT2D eigenvalue weighted by Gasteiger charge is -2.36. The van der Waals surface area contributed by atoms with E-state index in [9.17, 15) is 22.4 Å². The maximum absolute atomic E-state index is 13.9. The molecule has 9 heteroatoms. The van der Waals surface area contributed by atoms with E-state index in [1.54, 1.807) is 13.0 Å². The quantitative estimate of drug-likeness (QED) is 0.748. The lowest BCUT2D eigenvalue weighted by atomic mass is 9.90. The number of carbonyl (C=O) groups excluding carboxylic acids is 1. The van der Waals surface area contributed by atoms with Gasteiger partial charge in [-0.25, -0.2) is 4.39 Å². The lowest BCUT2D eigenvalue weighted by molar-refractivity contribution is -0.227. The van der Waals surface area contributed by atoms with Crippen LogP contribution in [0.4, 0.5) is 23.2 Å². The van der Waals surface area contributed by atoms with Gasteiger partial charge in [0.2, 0.25) is 5.91 Å². The van der Waals surface area contributed by atoms with Crippen molar-refractivity contribution in [1.29, 1.82) is 0 Å². The number of carbonyl (C=O) groups is 1. The van der Waals surface area contributed by atoms with Crippen LogP contribution in [0.25, 0.3) is 0 Å². The first-order valence-corrected chi connectivity index (χ1v) is 8.68. The standard InChI is InChI=1S/C20H19F4NO4/c1-19(10-28-17(29-11-19)13-5-3-4-6-15(13)21)18(26)25-12-7-8-16(27-2)14(9-12)20(22,23)24/h3-9,17H,10-11H2,1-2H3,(H,25,26). The van der Waals surface area contributed by atoms with E-state index in [0.717, 1.165) is 19.2 Å². The molecule has 2 aromatic rings.